The standard InChI is InChI=1S/C25H20N6O3/c1-14-19(15-8-5-4-6-9-15)23-26-21(16-12-13-30(2)29-16)20(25(32)31(23)28-14)24-27-22-17(33-3)10-7-11-18(22)34-24/h4-13,28H,1-3H3. The number of ether oxygens (including phenoxy) is 1. The smallest absolute Gasteiger partial charge is 0.286 e. The van der Waals surface area contributed by atoms with Crippen LogP contribution in [0.15, 0.2) is 70.0 Å². The van der Waals surface area contributed by atoms with Gasteiger partial charge in [-0.05, 0) is 30.7 Å². The number of nitrogens with one attached hydrogen (secondary N) is 1. The molecule has 0 amide bonds. The molecule has 34 heavy (non-hydrogen) atoms. The minimum atomic E-state index is -0.332. The number of hydrogen-bond acceptors (Lipinski definition) is 6. The second-order valence-electron chi connectivity index (χ2n) is 7.98. The molecule has 168 valence electrons. The summed E-state index contributed by atoms with van der Waals surface area (Å²) < 4.78 is 14.5. The molecule has 6 aromatic rings. The number of aryl methyl sites for hydroxylation is 2. The monoisotopic (exact) mass is 452 g/mol. The molecule has 6 rings (SSSR count). The molecular weight excluding hydrogens is 432 g/mol. The zero-order valence-corrected chi connectivity index (χ0v) is 18.7. The van der Waals surface area contributed by atoms with E-state index < -0.39 is 0 Å². The van der Waals surface area contributed by atoms with Gasteiger partial charge in [-0.1, -0.05) is 36.4 Å². The van der Waals surface area contributed by atoms with Gasteiger partial charge in [-0.2, -0.15) is 5.10 Å². The summed E-state index contributed by atoms with van der Waals surface area (Å²) in [6, 6.07) is 17.0. The molecule has 2 aromatic carbocycles. The molecule has 0 fully saturated rings. The van der Waals surface area contributed by atoms with Gasteiger partial charge in [0.25, 0.3) is 5.56 Å². The van der Waals surface area contributed by atoms with E-state index in [1.807, 2.05) is 56.4 Å². The van der Waals surface area contributed by atoms with Gasteiger partial charge in [0.1, 0.15) is 22.7 Å². The van der Waals surface area contributed by atoms with Crippen LogP contribution in [0.25, 0.3) is 50.7 Å². The van der Waals surface area contributed by atoms with Crippen molar-refractivity contribution in [1.29, 1.82) is 0 Å². The van der Waals surface area contributed by atoms with Crippen molar-refractivity contribution in [3.8, 4) is 39.7 Å². The molecule has 0 spiro atoms. The van der Waals surface area contributed by atoms with E-state index in [0.29, 0.717) is 33.9 Å². The van der Waals surface area contributed by atoms with Crippen LogP contribution in [0.2, 0.25) is 0 Å². The molecule has 0 saturated heterocycles. The Morgan fingerprint density at radius 1 is 1.00 bits per heavy atom. The van der Waals surface area contributed by atoms with Gasteiger partial charge in [0.05, 0.1) is 7.11 Å². The van der Waals surface area contributed by atoms with Crippen molar-refractivity contribution in [1.82, 2.24) is 29.4 Å². The first-order valence-corrected chi connectivity index (χ1v) is 10.7. The van der Waals surface area contributed by atoms with E-state index in [2.05, 4.69) is 15.2 Å². The Labute approximate surface area is 193 Å². The number of benzene rings is 2. The first kappa shape index (κ1) is 20.0. The van der Waals surface area contributed by atoms with E-state index in [1.165, 1.54) is 4.52 Å². The highest BCUT2D eigenvalue weighted by molar-refractivity contribution is 5.87. The quantitative estimate of drug-likeness (QED) is 0.430. The molecule has 9 nitrogen and oxygen atoms in total. The third kappa shape index (κ3) is 2.94. The Kier molecular flexibility index (Phi) is 4.38. The maximum Gasteiger partial charge on any atom is 0.286 e. The van der Waals surface area contributed by atoms with Gasteiger partial charge < -0.3 is 9.15 Å². The Morgan fingerprint density at radius 2 is 1.82 bits per heavy atom. The number of para-hydroxylation sites is 1. The Morgan fingerprint density at radius 3 is 2.56 bits per heavy atom. The summed E-state index contributed by atoms with van der Waals surface area (Å²) in [5.74, 6) is 0.712. The van der Waals surface area contributed by atoms with Crippen molar-refractivity contribution in [3.05, 3.63) is 76.8 Å². The highest BCUT2D eigenvalue weighted by Crippen LogP contribution is 2.34. The number of H-pyrrole nitrogens is 1. The van der Waals surface area contributed by atoms with Crippen LogP contribution < -0.4 is 10.3 Å². The molecule has 0 atom stereocenters. The fourth-order valence-corrected chi connectivity index (χ4v) is 4.25. The predicted octanol–water partition coefficient (Wildman–Crippen LogP) is 4.22. The fraction of sp³-hybridized carbons (Fsp3) is 0.120. The van der Waals surface area contributed by atoms with E-state index in [0.717, 1.165) is 16.8 Å². The molecular formula is C25H20N6O3. The van der Waals surface area contributed by atoms with E-state index in [9.17, 15) is 4.79 Å². The lowest BCUT2D eigenvalue weighted by Crippen LogP contribution is -2.19. The number of nitrogens with zero attached hydrogens (tertiary/aromatic N) is 5. The van der Waals surface area contributed by atoms with Crippen molar-refractivity contribution < 1.29 is 9.15 Å². The van der Waals surface area contributed by atoms with Crippen LogP contribution in [-0.4, -0.2) is 36.5 Å². The summed E-state index contributed by atoms with van der Waals surface area (Å²) in [7, 11) is 3.38. The van der Waals surface area contributed by atoms with Gasteiger partial charge in [-0.25, -0.2) is 14.5 Å². The van der Waals surface area contributed by atoms with Crippen molar-refractivity contribution in [2.24, 2.45) is 7.05 Å². The number of hydrogen-bond donors (Lipinski definition) is 1. The Hall–Kier alpha value is -4.66. The maximum absolute atomic E-state index is 13.9. The lowest BCUT2D eigenvalue weighted by Gasteiger charge is -2.06. The summed E-state index contributed by atoms with van der Waals surface area (Å²) in [4.78, 5) is 23.4. The first-order valence-electron chi connectivity index (χ1n) is 10.7. The zero-order valence-electron chi connectivity index (χ0n) is 18.7. The number of aromatic nitrogens is 6. The molecule has 0 aliphatic rings. The average molecular weight is 452 g/mol. The minimum Gasteiger partial charge on any atom is -0.494 e. The molecule has 0 radical (unpaired) electrons. The second kappa shape index (κ2) is 7.45. The molecule has 1 N–H and O–H groups in total. The summed E-state index contributed by atoms with van der Waals surface area (Å²) in [5, 5.41) is 7.68. The van der Waals surface area contributed by atoms with E-state index >= 15 is 0 Å². The number of fused-ring (bicyclic) bond motifs is 2. The van der Waals surface area contributed by atoms with Crippen LogP contribution in [0.1, 0.15) is 5.69 Å². The molecule has 0 bridgehead atoms. The highest BCUT2D eigenvalue weighted by atomic mass is 16.5. The van der Waals surface area contributed by atoms with E-state index in [4.69, 9.17) is 14.1 Å². The van der Waals surface area contributed by atoms with E-state index in [1.54, 1.807) is 30.1 Å². The van der Waals surface area contributed by atoms with Crippen molar-refractivity contribution >= 4 is 16.7 Å². The van der Waals surface area contributed by atoms with Crippen LogP contribution in [0.3, 0.4) is 0 Å². The molecule has 0 aliphatic carbocycles. The number of rotatable bonds is 4. The van der Waals surface area contributed by atoms with Gasteiger partial charge in [-0.3, -0.25) is 14.6 Å². The van der Waals surface area contributed by atoms with Gasteiger partial charge in [0.15, 0.2) is 16.7 Å². The first-order chi connectivity index (χ1) is 16.5. The number of methoxy groups -OCH3 is 1. The zero-order chi connectivity index (χ0) is 23.4. The predicted molar refractivity (Wildman–Crippen MR) is 128 cm³/mol. The SMILES string of the molecule is COc1cccc2oc(-c3c(-c4ccn(C)n4)nc4c(-c5ccccc5)c(C)[nH]n4c3=O)nc12. The molecule has 4 heterocycles. The van der Waals surface area contributed by atoms with Crippen LogP contribution in [0, 0.1) is 6.92 Å². The fourth-order valence-electron chi connectivity index (χ4n) is 4.25. The largest absolute Gasteiger partial charge is 0.494 e. The van der Waals surface area contributed by atoms with Gasteiger partial charge in [0.2, 0.25) is 5.89 Å². The van der Waals surface area contributed by atoms with Crippen molar-refractivity contribution in [3.63, 3.8) is 0 Å². The lowest BCUT2D eigenvalue weighted by atomic mass is 10.1. The molecule has 0 unspecified atom stereocenters. The van der Waals surface area contributed by atoms with Crippen LogP contribution >= 0.6 is 0 Å². The normalized spacial score (nSPS) is 11.5. The van der Waals surface area contributed by atoms with E-state index in [-0.39, 0.29) is 17.0 Å². The van der Waals surface area contributed by atoms with Gasteiger partial charge in [0, 0.05) is 24.5 Å². The molecule has 0 saturated carbocycles. The Balaban J connectivity index is 1.71. The highest BCUT2D eigenvalue weighted by Gasteiger charge is 2.26. The van der Waals surface area contributed by atoms with Crippen LogP contribution in [-0.2, 0) is 7.05 Å². The lowest BCUT2D eigenvalue weighted by molar-refractivity contribution is 0.419. The Bertz CT molecular complexity index is 1740. The van der Waals surface area contributed by atoms with Crippen LogP contribution in [0.5, 0.6) is 5.75 Å². The van der Waals surface area contributed by atoms with Crippen molar-refractivity contribution in [2.75, 3.05) is 7.11 Å². The molecule has 0 aliphatic heterocycles. The topological polar surface area (TPSA) is 103 Å². The molecule has 4 aromatic heterocycles. The second-order valence-corrected chi connectivity index (χ2v) is 7.98. The minimum absolute atomic E-state index is 0.153. The summed E-state index contributed by atoms with van der Waals surface area (Å²) in [6.45, 7) is 1.92. The summed E-state index contributed by atoms with van der Waals surface area (Å²) in [6.07, 6.45) is 1.80. The van der Waals surface area contributed by atoms with Gasteiger partial charge in [-0.15, -0.1) is 0 Å². The number of oxazole rings is 1. The van der Waals surface area contributed by atoms with Crippen molar-refractivity contribution in [2.45, 2.75) is 6.92 Å². The van der Waals surface area contributed by atoms with Crippen LogP contribution in [0.4, 0.5) is 0 Å². The third-order valence-electron chi connectivity index (χ3n) is 5.80. The summed E-state index contributed by atoms with van der Waals surface area (Å²) >= 11 is 0. The summed E-state index contributed by atoms with van der Waals surface area (Å²) in [5.41, 5.74) is 5.00. The third-order valence-corrected chi connectivity index (χ3v) is 5.80. The average Bonchev–Trinajstić information content (AvgIpc) is 3.55. The van der Waals surface area contributed by atoms with Gasteiger partial charge >= 0.3 is 0 Å². The number of aromatic amines is 1. The molecule has 9 heteroatoms. The maximum atomic E-state index is 13.9.